The molecule has 0 saturated heterocycles. The number of fused-ring (bicyclic) bond motifs is 1. The molecule has 3 N–H and O–H groups in total. The Morgan fingerprint density at radius 3 is 2.59 bits per heavy atom. The van der Waals surface area contributed by atoms with E-state index in [1.807, 2.05) is 21.8 Å². The Bertz CT molecular complexity index is 1000. The molecule has 0 bridgehead atoms. The van der Waals surface area contributed by atoms with Crippen LogP contribution in [0, 0.1) is 5.92 Å². The Morgan fingerprint density at radius 2 is 2.00 bits per heavy atom. The van der Waals surface area contributed by atoms with Crippen LogP contribution in [-0.4, -0.2) is 14.9 Å². The van der Waals surface area contributed by atoms with E-state index in [-0.39, 0.29) is 6.04 Å². The van der Waals surface area contributed by atoms with Gasteiger partial charge in [0.1, 0.15) is 12.4 Å². The zero-order valence-electron chi connectivity index (χ0n) is 16.2. The van der Waals surface area contributed by atoms with Gasteiger partial charge in [-0.2, -0.15) is 4.74 Å². The molecule has 0 radical (unpaired) electrons. The van der Waals surface area contributed by atoms with Gasteiger partial charge in [0.25, 0.3) is 5.55 Å². The molecular formula is C21H26N4O3S. The molecule has 1 unspecified atom stereocenters. The van der Waals surface area contributed by atoms with Gasteiger partial charge >= 0.3 is 0 Å². The summed E-state index contributed by atoms with van der Waals surface area (Å²) in [6.45, 7) is 0.510. The van der Waals surface area contributed by atoms with Crippen molar-refractivity contribution in [3.63, 3.8) is 0 Å². The number of hydrogen-bond acceptors (Lipinski definition) is 7. The fraction of sp³-hybridized carbons (Fsp3) is 0.429. The van der Waals surface area contributed by atoms with Gasteiger partial charge < -0.3 is 14.5 Å². The van der Waals surface area contributed by atoms with Crippen molar-refractivity contribution in [2.45, 2.75) is 51.2 Å². The molecule has 2 aromatic heterocycles. The first-order chi connectivity index (χ1) is 14.4. The van der Waals surface area contributed by atoms with Crippen LogP contribution in [0.5, 0.6) is 5.75 Å². The maximum absolute atomic E-state index is 6.50. The summed E-state index contributed by atoms with van der Waals surface area (Å²) in [6.07, 6.45) is 9.79. The van der Waals surface area contributed by atoms with E-state index in [1.165, 1.54) is 37.7 Å². The normalized spacial score (nSPS) is 16.5. The van der Waals surface area contributed by atoms with Crippen molar-refractivity contribution in [2.24, 2.45) is 16.8 Å². The maximum Gasteiger partial charge on any atom is 0.274 e. The molecule has 5 rings (SSSR count). The molecule has 1 aliphatic carbocycles. The van der Waals surface area contributed by atoms with E-state index >= 15 is 0 Å². The third kappa shape index (κ3) is 4.44. The lowest BCUT2D eigenvalue weighted by Gasteiger charge is -2.29. The molecule has 154 valence electrons. The van der Waals surface area contributed by atoms with E-state index in [1.54, 1.807) is 11.3 Å². The zero-order valence-corrected chi connectivity index (χ0v) is 17.1. The summed E-state index contributed by atoms with van der Waals surface area (Å²) in [7, 11) is 0. The van der Waals surface area contributed by atoms with Crippen LogP contribution < -0.4 is 21.5 Å². The standard InChI is InChI=1S/C21H23N3O2S.H3NO/c1-2-4-15(5-3-1)10-19(24-20-11-22-21(20)26-24)16-6-8-18(9-7-16)25-12-17-13-27-14-23-17;1-2/h6-9,11,13-15,19H,1-5,10,12H2;2H,1H2. The van der Waals surface area contributed by atoms with Gasteiger partial charge in [0.15, 0.2) is 5.35 Å². The summed E-state index contributed by atoms with van der Waals surface area (Å²) >= 11 is 1.59. The molecule has 1 aromatic carbocycles. The molecule has 0 amide bonds. The summed E-state index contributed by atoms with van der Waals surface area (Å²) < 4.78 is 13.7. The van der Waals surface area contributed by atoms with Crippen molar-refractivity contribution in [2.75, 3.05) is 0 Å². The largest absolute Gasteiger partial charge is 0.487 e. The number of nitrogens with zero attached hydrogens (tertiary/aromatic N) is 3. The van der Waals surface area contributed by atoms with Crippen molar-refractivity contribution >= 4 is 17.5 Å². The Labute approximate surface area is 173 Å². The lowest BCUT2D eigenvalue weighted by atomic mass is 9.83. The molecule has 3 aromatic rings. The first-order valence-corrected chi connectivity index (χ1v) is 10.9. The lowest BCUT2D eigenvalue weighted by molar-refractivity contribution is 0.117. The minimum absolute atomic E-state index is 0.242. The van der Waals surface area contributed by atoms with Gasteiger partial charge in [-0.15, -0.1) is 11.3 Å². The third-order valence-electron chi connectivity index (χ3n) is 5.64. The van der Waals surface area contributed by atoms with E-state index in [0.29, 0.717) is 6.61 Å². The second-order valence-corrected chi connectivity index (χ2v) is 8.18. The second-order valence-electron chi connectivity index (χ2n) is 7.46. The quantitative estimate of drug-likeness (QED) is 0.578. The average molecular weight is 415 g/mol. The second kappa shape index (κ2) is 9.39. The summed E-state index contributed by atoms with van der Waals surface area (Å²) in [6, 6.07) is 8.69. The Kier molecular flexibility index (Phi) is 6.43. The third-order valence-corrected chi connectivity index (χ3v) is 6.28. The summed E-state index contributed by atoms with van der Waals surface area (Å²) in [5, 5.41) is 9.65. The molecule has 8 heteroatoms. The van der Waals surface area contributed by atoms with Crippen LogP contribution in [-0.2, 0) is 6.61 Å². The monoisotopic (exact) mass is 414 g/mol. The van der Waals surface area contributed by atoms with Crippen LogP contribution in [0.25, 0.3) is 6.20 Å². The molecule has 1 fully saturated rings. The predicted octanol–water partition coefficient (Wildman–Crippen LogP) is 3.38. The van der Waals surface area contributed by atoms with Gasteiger partial charge in [0.05, 0.1) is 23.4 Å². The maximum atomic E-state index is 6.50. The molecule has 29 heavy (non-hydrogen) atoms. The molecule has 7 nitrogen and oxygen atoms in total. The molecule has 2 aliphatic rings. The van der Waals surface area contributed by atoms with Gasteiger partial charge in [-0.3, -0.25) is 0 Å². The fourth-order valence-corrected chi connectivity index (χ4v) is 4.63. The van der Waals surface area contributed by atoms with Gasteiger partial charge in [0, 0.05) is 5.38 Å². The highest BCUT2D eigenvalue weighted by molar-refractivity contribution is 7.07. The highest BCUT2D eigenvalue weighted by Crippen LogP contribution is 2.34. The average Bonchev–Trinajstić information content (AvgIpc) is 3.29. The SMILES string of the molecule is C1=c2c(on2C(CC2CCCCC2)c2ccc(OCc3cscn3)cc2)=N1.NO. The molecule has 0 spiro atoms. The van der Waals surface area contributed by atoms with Gasteiger partial charge in [-0.25, -0.2) is 15.9 Å². The number of rotatable bonds is 7. The van der Waals surface area contributed by atoms with Crippen LogP contribution in [0.3, 0.4) is 0 Å². The smallest absolute Gasteiger partial charge is 0.274 e. The van der Waals surface area contributed by atoms with E-state index < -0.39 is 0 Å². The van der Waals surface area contributed by atoms with Crippen molar-refractivity contribution in [3.8, 4) is 5.75 Å². The fourth-order valence-electron chi connectivity index (χ4n) is 4.09. The Morgan fingerprint density at radius 1 is 1.21 bits per heavy atom. The predicted molar refractivity (Wildman–Crippen MR) is 110 cm³/mol. The highest BCUT2D eigenvalue weighted by Gasteiger charge is 2.26. The van der Waals surface area contributed by atoms with Crippen LogP contribution in [0.15, 0.2) is 44.7 Å². The van der Waals surface area contributed by atoms with E-state index in [0.717, 1.165) is 34.7 Å². The van der Waals surface area contributed by atoms with Gasteiger partial charge in [0.2, 0.25) is 0 Å². The van der Waals surface area contributed by atoms with Crippen LogP contribution in [0.1, 0.15) is 55.8 Å². The molecule has 1 aliphatic heterocycles. The van der Waals surface area contributed by atoms with Crippen molar-refractivity contribution < 1.29 is 14.5 Å². The Hall–Kier alpha value is -2.42. The number of benzene rings is 1. The number of ether oxygens (including phenoxy) is 1. The Balaban J connectivity index is 0.000000994. The number of thiazole rings is 1. The van der Waals surface area contributed by atoms with Crippen molar-refractivity contribution in [1.29, 1.82) is 0 Å². The topological polar surface area (TPSA) is 98.8 Å². The summed E-state index contributed by atoms with van der Waals surface area (Å²) in [5.74, 6) is 5.15. The molecule has 1 saturated carbocycles. The summed E-state index contributed by atoms with van der Waals surface area (Å²) in [5.41, 5.74) is 4.86. The lowest BCUT2D eigenvalue weighted by Crippen LogP contribution is -2.49. The number of hydrogen-bond donors (Lipinski definition) is 2. The van der Waals surface area contributed by atoms with Crippen molar-refractivity contribution in [1.82, 2.24) is 9.72 Å². The highest BCUT2D eigenvalue weighted by atomic mass is 32.1. The van der Waals surface area contributed by atoms with Gasteiger partial charge in [-0.05, 0) is 30.0 Å². The van der Waals surface area contributed by atoms with Crippen LogP contribution in [0.4, 0.5) is 0 Å². The first-order valence-electron chi connectivity index (χ1n) is 9.98. The van der Waals surface area contributed by atoms with E-state index in [4.69, 9.17) is 14.5 Å². The number of aromatic nitrogens is 2. The first kappa shape index (κ1) is 19.9. The number of nitrogens with two attached hydrogens (primary N) is 1. The molecular weight excluding hydrogens is 388 g/mol. The van der Waals surface area contributed by atoms with E-state index in [9.17, 15) is 0 Å². The molecule has 3 heterocycles. The van der Waals surface area contributed by atoms with E-state index in [2.05, 4.69) is 40.1 Å². The van der Waals surface area contributed by atoms with Crippen LogP contribution >= 0.6 is 11.3 Å². The zero-order chi connectivity index (χ0) is 20.1. The minimum atomic E-state index is 0.242. The minimum Gasteiger partial charge on any atom is -0.487 e. The van der Waals surface area contributed by atoms with Crippen molar-refractivity contribution in [3.05, 3.63) is 57.3 Å². The van der Waals surface area contributed by atoms with Gasteiger partial charge in [-0.1, -0.05) is 44.2 Å². The summed E-state index contributed by atoms with van der Waals surface area (Å²) in [4.78, 5) is 8.40. The molecule has 1 atom stereocenters. The van der Waals surface area contributed by atoms with Crippen LogP contribution in [0.2, 0.25) is 0 Å².